The van der Waals surface area contributed by atoms with Gasteiger partial charge in [0.25, 0.3) is 0 Å². The zero-order valence-corrected chi connectivity index (χ0v) is 10.7. The maximum Gasteiger partial charge on any atom is 0.205 e. The molecule has 5 heteroatoms. The van der Waals surface area contributed by atoms with Crippen LogP contribution in [0.1, 0.15) is 25.6 Å². The van der Waals surface area contributed by atoms with E-state index in [2.05, 4.69) is 21.2 Å². The lowest BCUT2D eigenvalue weighted by Crippen LogP contribution is -2.35. The number of anilines is 1. The number of hydrogen-bond donors (Lipinski definition) is 0. The van der Waals surface area contributed by atoms with Gasteiger partial charge in [0, 0.05) is 30.0 Å². The number of rotatable bonds is 2. The van der Waals surface area contributed by atoms with Crippen LogP contribution in [-0.4, -0.2) is 27.8 Å². The van der Waals surface area contributed by atoms with E-state index in [0.29, 0.717) is 11.3 Å². The zero-order chi connectivity index (χ0) is 10.8. The van der Waals surface area contributed by atoms with Crippen molar-refractivity contribution in [1.29, 1.82) is 0 Å². The summed E-state index contributed by atoms with van der Waals surface area (Å²) < 4.78 is 4.21. The second kappa shape index (κ2) is 4.66. The third-order valence-corrected chi connectivity index (χ3v) is 4.20. The number of piperidine rings is 1. The van der Waals surface area contributed by atoms with Gasteiger partial charge in [0.2, 0.25) is 5.13 Å². The van der Waals surface area contributed by atoms with E-state index >= 15 is 0 Å². The summed E-state index contributed by atoms with van der Waals surface area (Å²) in [6, 6.07) is 0. The molecule has 2 rings (SSSR count). The van der Waals surface area contributed by atoms with Crippen LogP contribution in [0, 0.1) is 12.8 Å². The number of halogens is 1. The second-order valence-electron chi connectivity index (χ2n) is 4.13. The third-order valence-electron chi connectivity index (χ3n) is 2.98. The van der Waals surface area contributed by atoms with E-state index in [1.807, 2.05) is 6.92 Å². The highest BCUT2D eigenvalue weighted by Gasteiger charge is 2.24. The van der Waals surface area contributed by atoms with Crippen LogP contribution in [0.3, 0.4) is 0 Å². The minimum absolute atomic E-state index is 0.295. The van der Waals surface area contributed by atoms with Crippen LogP contribution in [0.2, 0.25) is 0 Å². The fourth-order valence-corrected chi connectivity index (χ4v) is 2.94. The molecule has 15 heavy (non-hydrogen) atoms. The van der Waals surface area contributed by atoms with Crippen molar-refractivity contribution in [3.05, 3.63) is 5.82 Å². The predicted octanol–water partition coefficient (Wildman–Crippen LogP) is 2.69. The topological polar surface area (TPSA) is 29.0 Å². The number of alkyl halides is 1. The number of aromatic nitrogens is 2. The summed E-state index contributed by atoms with van der Waals surface area (Å²) in [5, 5.41) is 1.36. The highest BCUT2D eigenvalue weighted by Crippen LogP contribution is 2.27. The first-order chi connectivity index (χ1) is 7.16. The molecule has 1 fully saturated rings. The summed E-state index contributed by atoms with van der Waals surface area (Å²) in [5.41, 5.74) is 0. The maximum absolute atomic E-state index is 6.11. The van der Waals surface area contributed by atoms with E-state index in [-0.39, 0.29) is 0 Å². The van der Waals surface area contributed by atoms with Crippen LogP contribution < -0.4 is 4.90 Å². The average molecular weight is 246 g/mol. The van der Waals surface area contributed by atoms with Crippen molar-refractivity contribution in [3.63, 3.8) is 0 Å². The molecule has 1 atom stereocenters. The average Bonchev–Trinajstić information content (AvgIpc) is 2.65. The Morgan fingerprint density at radius 1 is 1.47 bits per heavy atom. The van der Waals surface area contributed by atoms with Gasteiger partial charge in [-0.05, 0) is 32.6 Å². The molecule has 1 saturated heterocycles. The van der Waals surface area contributed by atoms with Crippen molar-refractivity contribution in [2.24, 2.45) is 5.92 Å². The van der Waals surface area contributed by atoms with Crippen LogP contribution in [0.4, 0.5) is 5.13 Å². The van der Waals surface area contributed by atoms with Gasteiger partial charge in [0.05, 0.1) is 0 Å². The van der Waals surface area contributed by atoms with Gasteiger partial charge in [0.15, 0.2) is 0 Å². The molecule has 2 heterocycles. The highest BCUT2D eigenvalue weighted by atomic mass is 35.5. The Morgan fingerprint density at radius 2 is 2.13 bits per heavy atom. The molecule has 3 nitrogen and oxygen atoms in total. The Labute approximate surface area is 99.6 Å². The van der Waals surface area contributed by atoms with Crippen LogP contribution >= 0.6 is 23.1 Å². The molecule has 84 valence electrons. The molecule has 0 spiro atoms. The molecule has 0 saturated carbocycles. The van der Waals surface area contributed by atoms with Crippen molar-refractivity contribution in [2.45, 2.75) is 32.1 Å². The molecule has 0 radical (unpaired) electrons. The molecule has 1 aromatic heterocycles. The summed E-state index contributed by atoms with van der Waals surface area (Å²) in [6.07, 6.45) is 2.34. The number of hydrogen-bond acceptors (Lipinski definition) is 4. The van der Waals surface area contributed by atoms with Crippen molar-refractivity contribution in [2.75, 3.05) is 18.0 Å². The second-order valence-corrected chi connectivity index (χ2v) is 5.54. The summed E-state index contributed by atoms with van der Waals surface area (Å²) in [5.74, 6) is 1.54. The van der Waals surface area contributed by atoms with Crippen LogP contribution in [0.5, 0.6) is 0 Å². The van der Waals surface area contributed by atoms with Gasteiger partial charge in [-0.25, -0.2) is 4.98 Å². The summed E-state index contributed by atoms with van der Waals surface area (Å²) in [7, 11) is 0. The molecule has 0 N–H and O–H groups in total. The van der Waals surface area contributed by atoms with E-state index in [4.69, 9.17) is 11.6 Å². The molecule has 1 unspecified atom stereocenters. The largest absolute Gasteiger partial charge is 0.347 e. The Balaban J connectivity index is 1.93. The first-order valence-corrected chi connectivity index (χ1v) is 6.57. The molecular formula is C10H16ClN3S. The minimum Gasteiger partial charge on any atom is -0.347 e. The molecular weight excluding hydrogens is 230 g/mol. The molecule has 0 amide bonds. The molecule has 0 aromatic carbocycles. The zero-order valence-electron chi connectivity index (χ0n) is 9.11. The SMILES string of the molecule is Cc1nsc(N2CCC(C(C)Cl)CC2)n1. The van der Waals surface area contributed by atoms with E-state index in [0.717, 1.165) is 24.0 Å². The Kier molecular flexibility index (Phi) is 3.46. The molecule has 0 aliphatic carbocycles. The van der Waals surface area contributed by atoms with Gasteiger partial charge in [-0.2, -0.15) is 4.37 Å². The maximum atomic E-state index is 6.11. The standard InChI is InChI=1S/C10H16ClN3S/c1-7(11)9-3-5-14(6-4-9)10-12-8(2)13-15-10/h7,9H,3-6H2,1-2H3. The van der Waals surface area contributed by atoms with E-state index in [1.54, 1.807) is 0 Å². The van der Waals surface area contributed by atoms with Gasteiger partial charge in [-0.3, -0.25) is 0 Å². The predicted molar refractivity (Wildman–Crippen MR) is 64.9 cm³/mol. The first-order valence-electron chi connectivity index (χ1n) is 5.36. The smallest absolute Gasteiger partial charge is 0.205 e. The fraction of sp³-hybridized carbons (Fsp3) is 0.800. The Hall–Kier alpha value is -0.350. The van der Waals surface area contributed by atoms with Crippen molar-refractivity contribution >= 4 is 28.3 Å². The lowest BCUT2D eigenvalue weighted by Gasteiger charge is -2.32. The molecule has 0 bridgehead atoms. The lowest BCUT2D eigenvalue weighted by atomic mass is 9.94. The normalized spacial score (nSPS) is 20.6. The highest BCUT2D eigenvalue weighted by molar-refractivity contribution is 7.09. The van der Waals surface area contributed by atoms with Crippen molar-refractivity contribution in [1.82, 2.24) is 9.36 Å². The Bertz CT molecular complexity index is 318. The lowest BCUT2D eigenvalue weighted by molar-refractivity contribution is 0.400. The van der Waals surface area contributed by atoms with Crippen LogP contribution in [0.25, 0.3) is 0 Å². The molecule has 1 aliphatic heterocycles. The van der Waals surface area contributed by atoms with E-state index < -0.39 is 0 Å². The van der Waals surface area contributed by atoms with Gasteiger partial charge in [-0.15, -0.1) is 11.6 Å². The van der Waals surface area contributed by atoms with Gasteiger partial charge in [-0.1, -0.05) is 0 Å². The minimum atomic E-state index is 0.295. The van der Waals surface area contributed by atoms with Gasteiger partial charge in [0.1, 0.15) is 5.82 Å². The third kappa shape index (κ3) is 2.61. The van der Waals surface area contributed by atoms with Crippen LogP contribution in [-0.2, 0) is 0 Å². The summed E-state index contributed by atoms with van der Waals surface area (Å²) >= 11 is 7.61. The molecule has 1 aromatic rings. The van der Waals surface area contributed by atoms with E-state index in [1.165, 1.54) is 24.4 Å². The van der Waals surface area contributed by atoms with Crippen LogP contribution in [0.15, 0.2) is 0 Å². The quantitative estimate of drug-likeness (QED) is 0.751. The van der Waals surface area contributed by atoms with Crippen molar-refractivity contribution in [3.8, 4) is 0 Å². The fourth-order valence-electron chi connectivity index (χ4n) is 1.96. The monoisotopic (exact) mass is 245 g/mol. The van der Waals surface area contributed by atoms with E-state index in [9.17, 15) is 0 Å². The van der Waals surface area contributed by atoms with Gasteiger partial charge >= 0.3 is 0 Å². The number of nitrogens with zero attached hydrogens (tertiary/aromatic N) is 3. The Morgan fingerprint density at radius 3 is 2.60 bits per heavy atom. The summed E-state index contributed by atoms with van der Waals surface area (Å²) in [4.78, 5) is 6.72. The summed E-state index contributed by atoms with van der Waals surface area (Å²) in [6.45, 7) is 6.16. The van der Waals surface area contributed by atoms with Gasteiger partial charge < -0.3 is 4.90 Å². The number of aryl methyl sites for hydroxylation is 1. The molecule has 1 aliphatic rings. The first kappa shape index (κ1) is 11.1. The van der Waals surface area contributed by atoms with Crippen molar-refractivity contribution < 1.29 is 0 Å².